The minimum Gasteiger partial charge on any atom is -0.484 e. The Kier molecular flexibility index (Phi) is 6.52. The number of nitrogens with one attached hydrogen (secondary N) is 1. The fourth-order valence-corrected chi connectivity index (χ4v) is 3.83. The van der Waals surface area contributed by atoms with Crippen LogP contribution in [0.1, 0.15) is 11.1 Å². The van der Waals surface area contributed by atoms with Crippen molar-refractivity contribution in [3.63, 3.8) is 0 Å². The number of ether oxygens (including phenoxy) is 1. The SMILES string of the molecule is Cc1cc(CN2CCSCC2)ccc1NC(=O)COc1ccc(F)cc1. The van der Waals surface area contributed by atoms with E-state index in [-0.39, 0.29) is 18.3 Å². The van der Waals surface area contributed by atoms with Crippen LogP contribution in [0.3, 0.4) is 0 Å². The summed E-state index contributed by atoms with van der Waals surface area (Å²) in [6.07, 6.45) is 0. The van der Waals surface area contributed by atoms with Crippen molar-refractivity contribution in [3.8, 4) is 5.75 Å². The highest BCUT2D eigenvalue weighted by molar-refractivity contribution is 7.99. The third-order valence-corrected chi connectivity index (χ3v) is 5.20. The number of hydrogen-bond donors (Lipinski definition) is 1. The number of benzene rings is 2. The number of rotatable bonds is 6. The van der Waals surface area contributed by atoms with Crippen molar-refractivity contribution in [2.45, 2.75) is 13.5 Å². The van der Waals surface area contributed by atoms with E-state index in [2.05, 4.69) is 22.3 Å². The molecule has 1 amide bonds. The summed E-state index contributed by atoms with van der Waals surface area (Å²) in [5.41, 5.74) is 3.08. The summed E-state index contributed by atoms with van der Waals surface area (Å²) >= 11 is 2.01. The fraction of sp³-hybridized carbons (Fsp3) is 0.350. The fourth-order valence-electron chi connectivity index (χ4n) is 2.85. The summed E-state index contributed by atoms with van der Waals surface area (Å²) < 4.78 is 18.2. The minimum absolute atomic E-state index is 0.113. The first kappa shape index (κ1) is 18.7. The zero-order chi connectivity index (χ0) is 18.4. The van der Waals surface area contributed by atoms with Crippen LogP contribution in [-0.4, -0.2) is 42.0 Å². The van der Waals surface area contributed by atoms with Gasteiger partial charge < -0.3 is 10.1 Å². The number of halogens is 1. The maximum Gasteiger partial charge on any atom is 0.262 e. The van der Waals surface area contributed by atoms with E-state index in [1.165, 1.54) is 41.3 Å². The van der Waals surface area contributed by atoms with Crippen LogP contribution in [0.4, 0.5) is 10.1 Å². The van der Waals surface area contributed by atoms with E-state index >= 15 is 0 Å². The third kappa shape index (κ3) is 5.47. The lowest BCUT2D eigenvalue weighted by Crippen LogP contribution is -2.32. The molecule has 1 saturated heterocycles. The first-order valence-corrected chi connectivity index (χ1v) is 9.83. The van der Waals surface area contributed by atoms with Gasteiger partial charge in [0, 0.05) is 36.8 Å². The Balaban J connectivity index is 1.52. The predicted octanol–water partition coefficient (Wildman–Crippen LogP) is 3.70. The average Bonchev–Trinajstić information content (AvgIpc) is 2.64. The topological polar surface area (TPSA) is 41.6 Å². The van der Waals surface area contributed by atoms with Gasteiger partial charge in [-0.25, -0.2) is 4.39 Å². The van der Waals surface area contributed by atoms with Crippen molar-refractivity contribution in [2.75, 3.05) is 36.5 Å². The Labute approximate surface area is 157 Å². The van der Waals surface area contributed by atoms with Crippen LogP contribution in [0.15, 0.2) is 42.5 Å². The van der Waals surface area contributed by atoms with Crippen molar-refractivity contribution in [1.29, 1.82) is 0 Å². The largest absolute Gasteiger partial charge is 0.484 e. The summed E-state index contributed by atoms with van der Waals surface area (Å²) in [6, 6.07) is 11.7. The van der Waals surface area contributed by atoms with Crippen LogP contribution < -0.4 is 10.1 Å². The Hall–Kier alpha value is -2.05. The number of carbonyl (C=O) groups excluding carboxylic acids is 1. The highest BCUT2D eigenvalue weighted by Gasteiger charge is 2.12. The van der Waals surface area contributed by atoms with Gasteiger partial charge in [-0.2, -0.15) is 11.8 Å². The molecule has 0 spiro atoms. The van der Waals surface area contributed by atoms with Crippen molar-refractivity contribution in [3.05, 3.63) is 59.4 Å². The number of hydrogen-bond acceptors (Lipinski definition) is 4. The van der Waals surface area contributed by atoms with E-state index in [0.717, 1.165) is 30.9 Å². The van der Waals surface area contributed by atoms with E-state index in [9.17, 15) is 9.18 Å². The van der Waals surface area contributed by atoms with Gasteiger partial charge >= 0.3 is 0 Å². The molecule has 1 fully saturated rings. The Morgan fingerprint density at radius 1 is 1.19 bits per heavy atom. The summed E-state index contributed by atoms with van der Waals surface area (Å²) in [5.74, 6) is 2.29. The molecule has 4 nitrogen and oxygen atoms in total. The van der Waals surface area contributed by atoms with E-state index < -0.39 is 0 Å². The molecule has 1 N–H and O–H groups in total. The molecule has 1 aliphatic rings. The van der Waals surface area contributed by atoms with Crippen molar-refractivity contribution in [2.24, 2.45) is 0 Å². The van der Waals surface area contributed by atoms with Crippen LogP contribution >= 0.6 is 11.8 Å². The maximum atomic E-state index is 12.9. The molecule has 26 heavy (non-hydrogen) atoms. The van der Waals surface area contributed by atoms with Crippen LogP contribution in [0.25, 0.3) is 0 Å². The van der Waals surface area contributed by atoms with Gasteiger partial charge in [-0.3, -0.25) is 9.69 Å². The molecule has 3 rings (SSSR count). The summed E-state index contributed by atoms with van der Waals surface area (Å²) in [7, 11) is 0. The molecule has 6 heteroatoms. The van der Waals surface area contributed by atoms with Gasteiger partial charge in [-0.05, 0) is 48.4 Å². The second-order valence-electron chi connectivity index (χ2n) is 6.33. The standard InChI is InChI=1S/C20H23FN2O2S/c1-15-12-16(13-23-8-10-26-11-9-23)2-7-19(15)22-20(24)14-25-18-5-3-17(21)4-6-18/h2-7,12H,8-11,13-14H2,1H3,(H,22,24). The first-order valence-electron chi connectivity index (χ1n) is 8.68. The number of amides is 1. The lowest BCUT2D eigenvalue weighted by Gasteiger charge is -2.26. The summed E-state index contributed by atoms with van der Waals surface area (Å²) in [4.78, 5) is 14.5. The van der Waals surface area contributed by atoms with Gasteiger partial charge in [-0.1, -0.05) is 12.1 Å². The predicted molar refractivity (Wildman–Crippen MR) is 104 cm³/mol. The summed E-state index contributed by atoms with van der Waals surface area (Å²) in [6.45, 7) is 5.08. The molecule has 2 aromatic rings. The molecular weight excluding hydrogens is 351 g/mol. The van der Waals surface area contributed by atoms with Crippen LogP contribution in [-0.2, 0) is 11.3 Å². The van der Waals surface area contributed by atoms with Crippen molar-refractivity contribution >= 4 is 23.4 Å². The van der Waals surface area contributed by atoms with Crippen molar-refractivity contribution < 1.29 is 13.9 Å². The molecule has 0 unspecified atom stereocenters. The smallest absolute Gasteiger partial charge is 0.262 e. The second kappa shape index (κ2) is 9.05. The van der Waals surface area contributed by atoms with E-state index in [1.54, 1.807) is 0 Å². The van der Waals surface area contributed by atoms with Crippen LogP contribution in [0, 0.1) is 12.7 Å². The molecule has 138 valence electrons. The normalized spacial score (nSPS) is 14.8. The lowest BCUT2D eigenvalue weighted by atomic mass is 10.1. The number of nitrogens with zero attached hydrogens (tertiary/aromatic N) is 1. The van der Waals surface area contributed by atoms with Gasteiger partial charge in [0.05, 0.1) is 0 Å². The third-order valence-electron chi connectivity index (χ3n) is 4.26. The Bertz CT molecular complexity index is 746. The lowest BCUT2D eigenvalue weighted by molar-refractivity contribution is -0.118. The number of aryl methyl sites for hydroxylation is 1. The zero-order valence-corrected chi connectivity index (χ0v) is 15.7. The molecule has 0 radical (unpaired) electrons. The number of carbonyl (C=O) groups is 1. The molecule has 2 aromatic carbocycles. The Morgan fingerprint density at radius 2 is 1.92 bits per heavy atom. The highest BCUT2D eigenvalue weighted by atomic mass is 32.2. The van der Waals surface area contributed by atoms with Gasteiger partial charge in [-0.15, -0.1) is 0 Å². The van der Waals surface area contributed by atoms with Crippen LogP contribution in [0.2, 0.25) is 0 Å². The van der Waals surface area contributed by atoms with Gasteiger partial charge in [0.15, 0.2) is 6.61 Å². The second-order valence-corrected chi connectivity index (χ2v) is 7.55. The van der Waals surface area contributed by atoms with Crippen molar-refractivity contribution in [1.82, 2.24) is 4.90 Å². The molecule has 0 bridgehead atoms. The maximum absolute atomic E-state index is 12.9. The molecule has 0 saturated carbocycles. The summed E-state index contributed by atoms with van der Waals surface area (Å²) in [5, 5.41) is 2.87. The van der Waals surface area contributed by atoms with E-state index in [1.807, 2.05) is 24.8 Å². The van der Waals surface area contributed by atoms with Gasteiger partial charge in [0.25, 0.3) is 5.91 Å². The quantitative estimate of drug-likeness (QED) is 0.837. The molecule has 0 aromatic heterocycles. The van der Waals surface area contributed by atoms with E-state index in [0.29, 0.717) is 5.75 Å². The molecule has 0 atom stereocenters. The molecule has 1 aliphatic heterocycles. The first-order chi connectivity index (χ1) is 12.6. The highest BCUT2D eigenvalue weighted by Crippen LogP contribution is 2.19. The number of anilines is 1. The molecular formula is C20H23FN2O2S. The zero-order valence-electron chi connectivity index (χ0n) is 14.8. The monoisotopic (exact) mass is 374 g/mol. The Morgan fingerprint density at radius 3 is 2.62 bits per heavy atom. The molecule has 0 aliphatic carbocycles. The van der Waals surface area contributed by atoms with Gasteiger partial charge in [0.1, 0.15) is 11.6 Å². The molecule has 1 heterocycles. The average molecular weight is 374 g/mol. The minimum atomic E-state index is -0.333. The number of thioether (sulfide) groups is 1. The van der Waals surface area contributed by atoms with Crippen LogP contribution in [0.5, 0.6) is 5.75 Å². The van der Waals surface area contributed by atoms with Gasteiger partial charge in [0.2, 0.25) is 0 Å². The van der Waals surface area contributed by atoms with E-state index in [4.69, 9.17) is 4.74 Å².